The largest absolute Gasteiger partial charge is 0.339 e. The molecular formula is C26H33N3O4S. The molecule has 1 heterocycles. The number of carbonyl (C=O) groups is 2. The molecule has 2 aromatic carbocycles. The monoisotopic (exact) mass is 483 g/mol. The average molecular weight is 484 g/mol. The lowest BCUT2D eigenvalue weighted by atomic mass is 9.94. The molecule has 7 nitrogen and oxygen atoms in total. The molecule has 0 spiro atoms. The van der Waals surface area contributed by atoms with Gasteiger partial charge in [-0.2, -0.15) is 4.31 Å². The van der Waals surface area contributed by atoms with Gasteiger partial charge in [0, 0.05) is 43.0 Å². The van der Waals surface area contributed by atoms with Crippen molar-refractivity contribution in [3.05, 3.63) is 59.7 Å². The van der Waals surface area contributed by atoms with Gasteiger partial charge in [-0.3, -0.25) is 9.59 Å². The molecule has 1 aliphatic carbocycles. The molecule has 2 aliphatic rings. The molecule has 0 atom stereocenters. The summed E-state index contributed by atoms with van der Waals surface area (Å²) in [6, 6.07) is 13.3. The summed E-state index contributed by atoms with van der Waals surface area (Å²) in [5.74, 6) is -0.408. The van der Waals surface area contributed by atoms with E-state index in [2.05, 4.69) is 5.32 Å². The third-order valence-electron chi connectivity index (χ3n) is 6.88. The molecule has 4 rings (SSSR count). The molecule has 2 fully saturated rings. The van der Waals surface area contributed by atoms with Gasteiger partial charge >= 0.3 is 0 Å². The highest BCUT2D eigenvalue weighted by Gasteiger charge is 2.27. The standard InChI is InChI=1S/C26H33N3O4S/c1-28(23-10-4-2-5-11-23)26(31)20-13-15-22(16-14-20)27-25(30)21-9-8-12-24(19-21)34(32,33)29-17-6-3-7-18-29/h8-9,12-16,19,23H,2-7,10-11,17-18H2,1H3,(H,27,30). The topological polar surface area (TPSA) is 86.8 Å². The van der Waals surface area contributed by atoms with Crippen LogP contribution in [0, 0.1) is 0 Å². The number of piperidine rings is 1. The molecule has 34 heavy (non-hydrogen) atoms. The number of hydrogen-bond donors (Lipinski definition) is 1. The molecule has 1 aliphatic heterocycles. The first-order valence-corrected chi connectivity index (χ1v) is 13.6. The van der Waals surface area contributed by atoms with Gasteiger partial charge in [0.1, 0.15) is 0 Å². The van der Waals surface area contributed by atoms with Crippen LogP contribution in [0.4, 0.5) is 5.69 Å². The van der Waals surface area contributed by atoms with Crippen molar-refractivity contribution in [1.29, 1.82) is 0 Å². The normalized spacial score (nSPS) is 17.8. The van der Waals surface area contributed by atoms with E-state index in [0.29, 0.717) is 24.3 Å². The number of hydrogen-bond acceptors (Lipinski definition) is 4. The number of benzene rings is 2. The van der Waals surface area contributed by atoms with Gasteiger partial charge in [-0.15, -0.1) is 0 Å². The van der Waals surface area contributed by atoms with Gasteiger partial charge in [0.05, 0.1) is 4.90 Å². The molecule has 8 heteroatoms. The fourth-order valence-corrected chi connectivity index (χ4v) is 6.35. The molecule has 1 saturated carbocycles. The second-order valence-electron chi connectivity index (χ2n) is 9.23. The molecular weight excluding hydrogens is 450 g/mol. The van der Waals surface area contributed by atoms with Gasteiger partial charge in [-0.1, -0.05) is 31.7 Å². The van der Waals surface area contributed by atoms with Crippen molar-refractivity contribution in [2.24, 2.45) is 0 Å². The summed E-state index contributed by atoms with van der Waals surface area (Å²) < 4.78 is 27.4. The number of nitrogens with one attached hydrogen (secondary N) is 1. The van der Waals surface area contributed by atoms with Crippen LogP contribution in [0.3, 0.4) is 0 Å². The van der Waals surface area contributed by atoms with Crippen LogP contribution in [-0.4, -0.2) is 55.6 Å². The van der Waals surface area contributed by atoms with Crippen LogP contribution >= 0.6 is 0 Å². The van der Waals surface area contributed by atoms with Crippen LogP contribution in [-0.2, 0) is 10.0 Å². The van der Waals surface area contributed by atoms with E-state index in [0.717, 1.165) is 44.9 Å². The van der Waals surface area contributed by atoms with E-state index in [-0.39, 0.29) is 22.4 Å². The van der Waals surface area contributed by atoms with Gasteiger partial charge in [-0.25, -0.2) is 8.42 Å². The lowest BCUT2D eigenvalue weighted by molar-refractivity contribution is 0.0696. The molecule has 1 N–H and O–H groups in total. The summed E-state index contributed by atoms with van der Waals surface area (Å²) in [5.41, 5.74) is 1.40. The second-order valence-corrected chi connectivity index (χ2v) is 11.2. The molecule has 1 saturated heterocycles. The van der Waals surface area contributed by atoms with Crippen molar-refractivity contribution >= 4 is 27.5 Å². The zero-order valence-corrected chi connectivity index (χ0v) is 20.5. The van der Waals surface area contributed by atoms with Crippen molar-refractivity contribution in [2.75, 3.05) is 25.5 Å². The Morgan fingerprint density at radius 3 is 2.21 bits per heavy atom. The Kier molecular flexibility index (Phi) is 7.68. The maximum Gasteiger partial charge on any atom is 0.255 e. The first kappa shape index (κ1) is 24.4. The highest BCUT2D eigenvalue weighted by Crippen LogP contribution is 2.24. The zero-order valence-electron chi connectivity index (χ0n) is 19.7. The van der Waals surface area contributed by atoms with E-state index >= 15 is 0 Å². The van der Waals surface area contributed by atoms with Crippen LogP contribution in [0.1, 0.15) is 72.1 Å². The predicted octanol–water partition coefficient (Wildman–Crippen LogP) is 4.52. The Bertz CT molecular complexity index is 1120. The van der Waals surface area contributed by atoms with Gasteiger partial charge in [-0.05, 0) is 68.1 Å². The smallest absolute Gasteiger partial charge is 0.255 e. The number of nitrogens with zero attached hydrogens (tertiary/aromatic N) is 2. The fourth-order valence-electron chi connectivity index (χ4n) is 4.79. The zero-order chi connectivity index (χ0) is 24.1. The highest BCUT2D eigenvalue weighted by molar-refractivity contribution is 7.89. The molecule has 0 aromatic heterocycles. The summed E-state index contributed by atoms with van der Waals surface area (Å²) in [6.45, 7) is 1.03. The first-order valence-electron chi connectivity index (χ1n) is 12.1. The highest BCUT2D eigenvalue weighted by atomic mass is 32.2. The third-order valence-corrected chi connectivity index (χ3v) is 8.78. The number of anilines is 1. The first-order chi connectivity index (χ1) is 16.4. The summed E-state index contributed by atoms with van der Waals surface area (Å²) in [5, 5.41) is 2.80. The van der Waals surface area contributed by atoms with Crippen molar-refractivity contribution in [1.82, 2.24) is 9.21 Å². The van der Waals surface area contributed by atoms with Crippen LogP contribution in [0.15, 0.2) is 53.4 Å². The van der Waals surface area contributed by atoms with Crippen LogP contribution in [0.25, 0.3) is 0 Å². The van der Waals surface area contributed by atoms with Gasteiger partial charge in [0.25, 0.3) is 11.8 Å². The molecule has 2 aromatic rings. The Labute approximate surface area is 202 Å². The Balaban J connectivity index is 1.42. The van der Waals surface area contributed by atoms with E-state index in [1.165, 1.54) is 22.9 Å². The minimum Gasteiger partial charge on any atom is -0.339 e. The maximum absolute atomic E-state index is 12.9. The predicted molar refractivity (Wildman–Crippen MR) is 132 cm³/mol. The number of amides is 2. The summed E-state index contributed by atoms with van der Waals surface area (Å²) in [4.78, 5) is 27.6. The molecule has 182 valence electrons. The van der Waals surface area contributed by atoms with E-state index < -0.39 is 15.9 Å². The summed E-state index contributed by atoms with van der Waals surface area (Å²) >= 11 is 0. The summed E-state index contributed by atoms with van der Waals surface area (Å²) in [7, 11) is -1.75. The van der Waals surface area contributed by atoms with Gasteiger partial charge < -0.3 is 10.2 Å². The molecule has 0 unspecified atom stereocenters. The lowest BCUT2D eigenvalue weighted by Gasteiger charge is -2.31. The minimum atomic E-state index is -3.61. The third kappa shape index (κ3) is 5.50. The maximum atomic E-state index is 12.9. The van der Waals surface area contributed by atoms with Crippen LogP contribution in [0.5, 0.6) is 0 Å². The fraction of sp³-hybridized carbons (Fsp3) is 0.462. The Morgan fingerprint density at radius 1 is 0.882 bits per heavy atom. The van der Waals surface area contributed by atoms with Crippen molar-refractivity contribution in [3.8, 4) is 0 Å². The van der Waals surface area contributed by atoms with Crippen LogP contribution < -0.4 is 5.32 Å². The minimum absolute atomic E-state index is 0.0135. The van der Waals surface area contributed by atoms with E-state index in [1.807, 2.05) is 11.9 Å². The SMILES string of the molecule is CN(C(=O)c1ccc(NC(=O)c2cccc(S(=O)(=O)N3CCCCC3)c2)cc1)C1CCCCC1. The summed E-state index contributed by atoms with van der Waals surface area (Å²) in [6.07, 6.45) is 8.39. The van der Waals surface area contributed by atoms with Crippen molar-refractivity contribution in [3.63, 3.8) is 0 Å². The number of carbonyl (C=O) groups excluding carboxylic acids is 2. The van der Waals surface area contributed by atoms with Crippen molar-refractivity contribution < 1.29 is 18.0 Å². The Morgan fingerprint density at radius 2 is 1.53 bits per heavy atom. The van der Waals surface area contributed by atoms with Gasteiger partial charge in [0.2, 0.25) is 10.0 Å². The molecule has 2 amide bonds. The average Bonchev–Trinajstić information content (AvgIpc) is 2.89. The second kappa shape index (κ2) is 10.7. The van der Waals surface area contributed by atoms with Gasteiger partial charge in [0.15, 0.2) is 0 Å². The van der Waals surface area contributed by atoms with Crippen LogP contribution in [0.2, 0.25) is 0 Å². The molecule has 0 bridgehead atoms. The van der Waals surface area contributed by atoms with E-state index in [4.69, 9.17) is 0 Å². The Hall–Kier alpha value is -2.71. The number of sulfonamides is 1. The lowest BCUT2D eigenvalue weighted by Crippen LogP contribution is -2.38. The number of rotatable bonds is 6. The van der Waals surface area contributed by atoms with E-state index in [9.17, 15) is 18.0 Å². The van der Waals surface area contributed by atoms with E-state index in [1.54, 1.807) is 36.4 Å². The van der Waals surface area contributed by atoms with Crippen molar-refractivity contribution in [2.45, 2.75) is 62.3 Å². The molecule has 0 radical (unpaired) electrons. The quantitative estimate of drug-likeness (QED) is 0.655.